The summed E-state index contributed by atoms with van der Waals surface area (Å²) in [7, 11) is 0. The monoisotopic (exact) mass is 378 g/mol. The first-order valence-corrected chi connectivity index (χ1v) is 12.7. The summed E-state index contributed by atoms with van der Waals surface area (Å²) in [5.41, 5.74) is 3.00. The quantitative estimate of drug-likeness (QED) is 0.657. The molecule has 0 unspecified atom stereocenters. The van der Waals surface area contributed by atoms with Crippen molar-refractivity contribution in [2.45, 2.75) is 47.6 Å². The predicted octanol–water partition coefficient (Wildman–Crippen LogP) is 5.46. The van der Waals surface area contributed by atoms with Gasteiger partial charge in [0.2, 0.25) is 0 Å². The highest BCUT2D eigenvalue weighted by atomic mass is 24.5. The molecule has 2 nitrogen and oxygen atoms in total. The van der Waals surface area contributed by atoms with E-state index in [1.807, 2.05) is 0 Å². The van der Waals surface area contributed by atoms with E-state index in [1.165, 1.54) is 58.8 Å². The average Bonchev–Trinajstić information content (AvgIpc) is 2.79. The van der Waals surface area contributed by atoms with Gasteiger partial charge in [-0.25, -0.2) is 0 Å². The van der Waals surface area contributed by atoms with Crippen LogP contribution in [0.2, 0.25) is 0 Å². The molecule has 2 fully saturated rings. The lowest BCUT2D eigenvalue weighted by molar-refractivity contribution is 0.0967. The van der Waals surface area contributed by atoms with Crippen molar-refractivity contribution in [3.63, 3.8) is 0 Å². The largest absolute Gasteiger partial charge is 0.381 e. The van der Waals surface area contributed by atoms with Crippen molar-refractivity contribution in [2.75, 3.05) is 26.4 Å². The summed E-state index contributed by atoms with van der Waals surface area (Å²) < 4.78 is 12.8. The first-order chi connectivity index (χ1) is 13.4. The Hall–Kier alpha value is -0.874. The molecule has 3 heteroatoms. The van der Waals surface area contributed by atoms with E-state index >= 15 is 0 Å². The highest BCUT2D eigenvalue weighted by molar-refractivity contribution is 6.34. The van der Waals surface area contributed by atoms with E-state index in [4.69, 9.17) is 9.47 Å². The molecular formula is C24H34MgO2. The highest BCUT2D eigenvalue weighted by Gasteiger charge is 1.99. The van der Waals surface area contributed by atoms with Gasteiger partial charge in [0.1, 0.15) is 0 Å². The van der Waals surface area contributed by atoms with E-state index in [9.17, 15) is 0 Å². The maximum atomic E-state index is 5.07. The molecule has 2 aromatic carbocycles. The normalized spacial score (nSPS) is 16.0. The fourth-order valence-corrected chi connectivity index (χ4v) is 4.82. The Kier molecular flexibility index (Phi) is 13.4. The molecule has 4 rings (SSSR count). The first-order valence-electron chi connectivity index (χ1n) is 10.7. The molecule has 144 valence electrons. The smallest absolute Gasteiger partial charge is 0.377 e. The number of benzene rings is 2. The molecule has 2 saturated heterocycles. The molecular weight excluding hydrogens is 345 g/mol. The second kappa shape index (κ2) is 16.1. The van der Waals surface area contributed by atoms with Crippen molar-refractivity contribution in [1.82, 2.24) is 0 Å². The lowest BCUT2D eigenvalue weighted by atomic mass is 10.2. The second-order valence-corrected chi connectivity index (χ2v) is 8.88. The summed E-state index contributed by atoms with van der Waals surface area (Å²) in [6.07, 6.45) is 7.86. The Morgan fingerprint density at radius 1 is 0.519 bits per heavy atom. The van der Waals surface area contributed by atoms with Crippen LogP contribution >= 0.6 is 0 Å². The van der Waals surface area contributed by atoms with Gasteiger partial charge >= 0.3 is 20.4 Å². The maximum absolute atomic E-state index is 5.07. The molecule has 2 heterocycles. The van der Waals surface area contributed by atoms with Gasteiger partial charge in [-0.1, -0.05) is 71.8 Å². The van der Waals surface area contributed by atoms with Gasteiger partial charge in [0.05, 0.1) is 0 Å². The van der Waals surface area contributed by atoms with Crippen LogP contribution in [0.15, 0.2) is 60.7 Å². The zero-order valence-corrected chi connectivity index (χ0v) is 18.2. The number of rotatable bonds is 4. The zero-order chi connectivity index (χ0) is 18.8. The van der Waals surface area contributed by atoms with Gasteiger partial charge in [0.25, 0.3) is 0 Å². The Bertz CT molecular complexity index is 477. The molecule has 0 spiro atoms. The third-order valence-corrected chi connectivity index (χ3v) is 6.63. The van der Waals surface area contributed by atoms with Crippen LogP contribution in [0.3, 0.4) is 0 Å². The average molecular weight is 379 g/mol. The molecule has 27 heavy (non-hydrogen) atoms. The van der Waals surface area contributed by atoms with Crippen molar-refractivity contribution < 1.29 is 9.47 Å². The standard InChI is InChI=1S/2C7H7.2C5H10O.Mg/c2*1-7-5-3-2-4-6-7;2*1-2-4-6-5-3-1;/h2*2-6H,1H2;2*1-5H2;. The minimum Gasteiger partial charge on any atom is -0.381 e. The van der Waals surface area contributed by atoms with Crippen LogP contribution in [0, 0.1) is 0 Å². The van der Waals surface area contributed by atoms with Crippen LogP contribution in [0.1, 0.15) is 49.7 Å². The molecule has 0 bridgehead atoms. The van der Waals surface area contributed by atoms with E-state index in [2.05, 4.69) is 60.7 Å². The number of ether oxygens (including phenoxy) is 2. The molecule has 0 aliphatic carbocycles. The van der Waals surface area contributed by atoms with E-state index < -0.39 is 0 Å². The maximum Gasteiger partial charge on any atom is 0.377 e. The van der Waals surface area contributed by atoms with Crippen LogP contribution in [-0.4, -0.2) is 46.8 Å². The van der Waals surface area contributed by atoms with Crippen LogP contribution < -0.4 is 0 Å². The molecule has 0 amide bonds. The summed E-state index contributed by atoms with van der Waals surface area (Å²) in [5, 5.41) is 0. The molecule has 2 aliphatic heterocycles. The van der Waals surface area contributed by atoms with E-state index in [-0.39, 0.29) is 20.4 Å². The first kappa shape index (κ1) is 22.4. The molecule has 0 radical (unpaired) electrons. The fraction of sp³-hybridized carbons (Fsp3) is 0.500. The fourth-order valence-electron chi connectivity index (χ4n) is 3.16. The molecule has 2 aliphatic rings. The summed E-state index contributed by atoms with van der Waals surface area (Å²) in [4.78, 5) is 0. The van der Waals surface area contributed by atoms with Crippen molar-refractivity contribution in [1.29, 1.82) is 0 Å². The third kappa shape index (κ3) is 12.2. The van der Waals surface area contributed by atoms with Crippen LogP contribution in [0.4, 0.5) is 0 Å². The van der Waals surface area contributed by atoms with Gasteiger partial charge in [-0.05, 0) is 38.5 Å². The summed E-state index contributed by atoms with van der Waals surface area (Å²) >= 11 is 0.0148. The second-order valence-electron chi connectivity index (χ2n) is 7.17. The molecule has 2 aromatic rings. The van der Waals surface area contributed by atoms with Crippen molar-refractivity contribution in [3.05, 3.63) is 71.8 Å². The SMILES string of the molecule is C1CCOCC1.C1CCOCC1.c1ccc([CH2][Mg][CH2]c2ccccc2)cc1. The Morgan fingerprint density at radius 3 is 1.15 bits per heavy atom. The lowest BCUT2D eigenvalue weighted by Gasteiger charge is -2.08. The van der Waals surface area contributed by atoms with Crippen molar-refractivity contribution >= 4 is 20.4 Å². The van der Waals surface area contributed by atoms with E-state index in [0.717, 1.165) is 26.4 Å². The molecule has 0 atom stereocenters. The van der Waals surface area contributed by atoms with Gasteiger partial charge in [-0.3, -0.25) is 0 Å². The lowest BCUT2D eigenvalue weighted by Crippen LogP contribution is -2.03. The zero-order valence-electron chi connectivity index (χ0n) is 16.8. The summed E-state index contributed by atoms with van der Waals surface area (Å²) in [6.45, 7) is 4.00. The van der Waals surface area contributed by atoms with Gasteiger partial charge in [-0.15, -0.1) is 9.10 Å². The topological polar surface area (TPSA) is 18.5 Å². The Labute approximate surface area is 175 Å². The Morgan fingerprint density at radius 2 is 0.889 bits per heavy atom. The van der Waals surface area contributed by atoms with E-state index in [1.54, 1.807) is 0 Å². The minimum atomic E-state index is 0.0148. The Balaban J connectivity index is 0.000000178. The third-order valence-electron chi connectivity index (χ3n) is 4.77. The minimum absolute atomic E-state index is 0.0148. The van der Waals surface area contributed by atoms with Crippen LogP contribution in [0.25, 0.3) is 0 Å². The van der Waals surface area contributed by atoms with Gasteiger partial charge in [0, 0.05) is 26.4 Å². The van der Waals surface area contributed by atoms with Crippen molar-refractivity contribution in [3.8, 4) is 0 Å². The molecule has 0 N–H and O–H groups in total. The summed E-state index contributed by atoms with van der Waals surface area (Å²) in [5.74, 6) is 0. The van der Waals surface area contributed by atoms with Gasteiger partial charge < -0.3 is 9.47 Å². The van der Waals surface area contributed by atoms with Crippen LogP contribution in [0.5, 0.6) is 0 Å². The highest BCUT2D eigenvalue weighted by Crippen LogP contribution is 2.03. The predicted molar refractivity (Wildman–Crippen MR) is 115 cm³/mol. The molecule has 0 aromatic heterocycles. The number of hydrogen-bond donors (Lipinski definition) is 0. The van der Waals surface area contributed by atoms with Gasteiger partial charge in [-0.2, -0.15) is 0 Å². The van der Waals surface area contributed by atoms with Gasteiger partial charge in [0.15, 0.2) is 0 Å². The summed E-state index contributed by atoms with van der Waals surface area (Å²) in [6, 6.07) is 21.6. The molecule has 0 saturated carbocycles. The number of hydrogen-bond acceptors (Lipinski definition) is 2. The van der Waals surface area contributed by atoms with E-state index in [0.29, 0.717) is 0 Å². The van der Waals surface area contributed by atoms with Crippen molar-refractivity contribution in [2.24, 2.45) is 0 Å². The van der Waals surface area contributed by atoms with Crippen LogP contribution in [-0.2, 0) is 18.6 Å².